The first kappa shape index (κ1) is 13.5. The van der Waals surface area contributed by atoms with Gasteiger partial charge in [0.25, 0.3) is 0 Å². The predicted octanol–water partition coefficient (Wildman–Crippen LogP) is 0.0602. The van der Waals surface area contributed by atoms with E-state index in [2.05, 4.69) is 10.2 Å². The van der Waals surface area contributed by atoms with Crippen LogP contribution in [0.4, 0.5) is 0 Å². The number of hydrogen-bond acceptors (Lipinski definition) is 6. The van der Waals surface area contributed by atoms with E-state index in [9.17, 15) is 5.11 Å². The molecule has 1 saturated heterocycles. The number of nitrogens with zero attached hydrogens (tertiary/aromatic N) is 1. The molecule has 1 aromatic carbocycles. The van der Waals surface area contributed by atoms with Gasteiger partial charge in [-0.2, -0.15) is 0 Å². The molecule has 2 aliphatic rings. The van der Waals surface area contributed by atoms with Crippen LogP contribution in [0.1, 0.15) is 0 Å². The summed E-state index contributed by atoms with van der Waals surface area (Å²) in [6, 6.07) is 5.44. The SMILES string of the molecule is OC(COc1ccc2c(c1)OCO2)CN1CCNCC1. The van der Waals surface area contributed by atoms with Gasteiger partial charge >= 0.3 is 0 Å². The average molecular weight is 280 g/mol. The second-order valence-electron chi connectivity index (χ2n) is 5.03. The third-order valence-corrected chi connectivity index (χ3v) is 3.46. The standard InChI is InChI=1S/C14H20N2O4/c17-11(8-16-5-3-15-4-6-16)9-18-12-1-2-13-14(7-12)20-10-19-13/h1-2,7,11,15,17H,3-6,8-10H2. The molecule has 0 radical (unpaired) electrons. The van der Waals surface area contributed by atoms with Crippen molar-refractivity contribution in [2.45, 2.75) is 6.10 Å². The van der Waals surface area contributed by atoms with Gasteiger partial charge in [0.2, 0.25) is 6.79 Å². The van der Waals surface area contributed by atoms with Crippen LogP contribution in [0.5, 0.6) is 17.2 Å². The second kappa shape index (κ2) is 6.30. The molecular weight excluding hydrogens is 260 g/mol. The molecule has 1 aromatic rings. The summed E-state index contributed by atoms with van der Waals surface area (Å²) in [4.78, 5) is 2.24. The zero-order valence-corrected chi connectivity index (χ0v) is 11.4. The summed E-state index contributed by atoms with van der Waals surface area (Å²) in [5.41, 5.74) is 0. The Morgan fingerprint density at radius 1 is 1.25 bits per heavy atom. The Bertz CT molecular complexity index is 449. The fourth-order valence-corrected chi connectivity index (χ4v) is 2.40. The number of β-amino-alcohol motifs (C(OH)–C–C–N with tert-alkyl or cyclic N) is 1. The quantitative estimate of drug-likeness (QED) is 0.795. The molecule has 0 bridgehead atoms. The maximum Gasteiger partial charge on any atom is 0.231 e. The van der Waals surface area contributed by atoms with Gasteiger partial charge in [-0.15, -0.1) is 0 Å². The Balaban J connectivity index is 1.46. The molecule has 110 valence electrons. The Morgan fingerprint density at radius 3 is 2.90 bits per heavy atom. The normalized spacial score (nSPS) is 19.9. The van der Waals surface area contributed by atoms with Crippen molar-refractivity contribution in [1.82, 2.24) is 10.2 Å². The number of piperazine rings is 1. The molecule has 1 fully saturated rings. The first-order valence-corrected chi connectivity index (χ1v) is 6.95. The number of ether oxygens (including phenoxy) is 3. The van der Waals surface area contributed by atoms with Gasteiger partial charge in [-0.25, -0.2) is 0 Å². The van der Waals surface area contributed by atoms with Crippen molar-refractivity contribution in [2.24, 2.45) is 0 Å². The summed E-state index contributed by atoms with van der Waals surface area (Å²) >= 11 is 0. The summed E-state index contributed by atoms with van der Waals surface area (Å²) in [6.07, 6.45) is -0.487. The lowest BCUT2D eigenvalue weighted by atomic mass is 10.3. The number of aliphatic hydroxyl groups excluding tert-OH is 1. The number of benzene rings is 1. The highest BCUT2D eigenvalue weighted by atomic mass is 16.7. The van der Waals surface area contributed by atoms with E-state index in [1.807, 2.05) is 12.1 Å². The summed E-state index contributed by atoms with van der Waals surface area (Å²) in [6.45, 7) is 5.09. The van der Waals surface area contributed by atoms with Gasteiger partial charge in [0.05, 0.1) is 0 Å². The fourth-order valence-electron chi connectivity index (χ4n) is 2.40. The topological polar surface area (TPSA) is 63.2 Å². The van der Waals surface area contributed by atoms with Crippen LogP contribution >= 0.6 is 0 Å². The Labute approximate surface area is 118 Å². The van der Waals surface area contributed by atoms with E-state index in [1.54, 1.807) is 6.07 Å². The summed E-state index contributed by atoms with van der Waals surface area (Å²) in [5.74, 6) is 2.12. The molecule has 0 aromatic heterocycles. The predicted molar refractivity (Wildman–Crippen MR) is 73.4 cm³/mol. The lowest BCUT2D eigenvalue weighted by Crippen LogP contribution is -2.47. The first-order chi connectivity index (χ1) is 9.81. The van der Waals surface area contributed by atoms with Crippen molar-refractivity contribution >= 4 is 0 Å². The van der Waals surface area contributed by atoms with Crippen LogP contribution in [0.3, 0.4) is 0 Å². The Hall–Kier alpha value is -1.50. The summed E-state index contributed by atoms with van der Waals surface area (Å²) in [7, 11) is 0. The van der Waals surface area contributed by atoms with E-state index < -0.39 is 6.10 Å². The monoisotopic (exact) mass is 280 g/mol. The molecule has 1 unspecified atom stereocenters. The highest BCUT2D eigenvalue weighted by Crippen LogP contribution is 2.35. The molecule has 0 aliphatic carbocycles. The molecule has 2 aliphatic heterocycles. The number of hydrogen-bond donors (Lipinski definition) is 2. The van der Waals surface area contributed by atoms with E-state index in [4.69, 9.17) is 14.2 Å². The Morgan fingerprint density at radius 2 is 2.05 bits per heavy atom. The van der Waals surface area contributed by atoms with E-state index in [0.29, 0.717) is 18.0 Å². The first-order valence-electron chi connectivity index (χ1n) is 6.95. The van der Waals surface area contributed by atoms with Gasteiger partial charge in [0, 0.05) is 38.8 Å². The molecule has 0 spiro atoms. The van der Waals surface area contributed by atoms with Gasteiger partial charge in [-0.05, 0) is 12.1 Å². The minimum atomic E-state index is -0.487. The van der Waals surface area contributed by atoms with Crippen molar-refractivity contribution in [1.29, 1.82) is 0 Å². The molecule has 2 N–H and O–H groups in total. The molecule has 6 nitrogen and oxygen atoms in total. The summed E-state index contributed by atoms with van der Waals surface area (Å²) in [5, 5.41) is 13.3. The zero-order valence-electron chi connectivity index (χ0n) is 11.4. The van der Waals surface area contributed by atoms with Gasteiger partial charge in [0.15, 0.2) is 11.5 Å². The lowest BCUT2D eigenvalue weighted by molar-refractivity contribution is 0.0640. The molecule has 2 heterocycles. The van der Waals surface area contributed by atoms with Crippen molar-refractivity contribution in [2.75, 3.05) is 46.1 Å². The molecule has 20 heavy (non-hydrogen) atoms. The van der Waals surface area contributed by atoms with E-state index >= 15 is 0 Å². The van der Waals surface area contributed by atoms with Crippen molar-refractivity contribution in [3.05, 3.63) is 18.2 Å². The number of nitrogens with one attached hydrogen (secondary N) is 1. The maximum absolute atomic E-state index is 10.0. The minimum absolute atomic E-state index is 0.254. The van der Waals surface area contributed by atoms with Crippen LogP contribution in [0, 0.1) is 0 Å². The van der Waals surface area contributed by atoms with Gasteiger partial charge in [0.1, 0.15) is 18.5 Å². The molecule has 1 atom stereocenters. The lowest BCUT2D eigenvalue weighted by Gasteiger charge is -2.29. The van der Waals surface area contributed by atoms with E-state index in [-0.39, 0.29) is 13.4 Å². The molecule has 0 amide bonds. The van der Waals surface area contributed by atoms with Crippen LogP contribution in [0.2, 0.25) is 0 Å². The summed E-state index contributed by atoms with van der Waals surface area (Å²) < 4.78 is 16.1. The van der Waals surface area contributed by atoms with E-state index in [0.717, 1.165) is 31.9 Å². The van der Waals surface area contributed by atoms with Crippen LogP contribution in [-0.4, -0.2) is 62.2 Å². The van der Waals surface area contributed by atoms with E-state index in [1.165, 1.54) is 0 Å². The number of fused-ring (bicyclic) bond motifs is 1. The van der Waals surface area contributed by atoms with Crippen molar-refractivity contribution < 1.29 is 19.3 Å². The molecular formula is C14H20N2O4. The number of aliphatic hydroxyl groups is 1. The fraction of sp³-hybridized carbons (Fsp3) is 0.571. The van der Waals surface area contributed by atoms with Crippen molar-refractivity contribution in [3.8, 4) is 17.2 Å². The van der Waals surface area contributed by atoms with Crippen LogP contribution in [0.15, 0.2) is 18.2 Å². The maximum atomic E-state index is 10.0. The highest BCUT2D eigenvalue weighted by molar-refractivity contribution is 5.46. The van der Waals surface area contributed by atoms with Crippen LogP contribution < -0.4 is 19.5 Å². The van der Waals surface area contributed by atoms with Gasteiger partial charge in [-0.3, -0.25) is 4.90 Å². The molecule has 3 rings (SSSR count). The average Bonchev–Trinajstić information content (AvgIpc) is 2.93. The Kier molecular flexibility index (Phi) is 4.25. The molecule has 0 saturated carbocycles. The third kappa shape index (κ3) is 3.33. The van der Waals surface area contributed by atoms with Gasteiger partial charge in [-0.1, -0.05) is 0 Å². The highest BCUT2D eigenvalue weighted by Gasteiger charge is 2.16. The smallest absolute Gasteiger partial charge is 0.231 e. The van der Waals surface area contributed by atoms with Gasteiger partial charge < -0.3 is 24.6 Å². The largest absolute Gasteiger partial charge is 0.491 e. The molecule has 6 heteroatoms. The van der Waals surface area contributed by atoms with Crippen LogP contribution in [-0.2, 0) is 0 Å². The third-order valence-electron chi connectivity index (χ3n) is 3.46. The number of rotatable bonds is 5. The zero-order chi connectivity index (χ0) is 13.8. The minimum Gasteiger partial charge on any atom is -0.491 e. The van der Waals surface area contributed by atoms with Crippen LogP contribution in [0.25, 0.3) is 0 Å². The van der Waals surface area contributed by atoms with Crippen molar-refractivity contribution in [3.63, 3.8) is 0 Å². The second-order valence-corrected chi connectivity index (χ2v) is 5.03.